The van der Waals surface area contributed by atoms with Gasteiger partial charge in [-0.3, -0.25) is 14.0 Å². The number of anilines is 1. The number of halogens is 1. The number of nitrogens with zero attached hydrogens (tertiary/aromatic N) is 6. The summed E-state index contributed by atoms with van der Waals surface area (Å²) < 4.78 is 33.9. The summed E-state index contributed by atoms with van der Waals surface area (Å²) >= 11 is 6.31. The number of amides is 1. The molecule has 0 bridgehead atoms. The van der Waals surface area contributed by atoms with Crippen molar-refractivity contribution in [2.45, 2.75) is 39.8 Å². The van der Waals surface area contributed by atoms with E-state index in [0.717, 1.165) is 5.69 Å². The minimum Gasteiger partial charge on any atom is -0.497 e. The Hall–Kier alpha value is -3.15. The molecule has 0 saturated heterocycles. The van der Waals surface area contributed by atoms with Crippen molar-refractivity contribution >= 4 is 33.2 Å². The zero-order chi connectivity index (χ0) is 28.3. The minimum atomic E-state index is -3.59. The van der Waals surface area contributed by atoms with E-state index in [4.69, 9.17) is 16.3 Å². The van der Waals surface area contributed by atoms with Gasteiger partial charge in [0, 0.05) is 43.8 Å². The number of aryl methyl sites for hydroxylation is 1. The highest BCUT2D eigenvalue weighted by molar-refractivity contribution is 7.92. The second-order valence-corrected chi connectivity index (χ2v) is 12.3. The summed E-state index contributed by atoms with van der Waals surface area (Å²) in [7, 11) is -1.98. The van der Waals surface area contributed by atoms with Crippen molar-refractivity contribution in [3.8, 4) is 11.4 Å². The molecule has 3 aromatic rings. The molecule has 2 aromatic carbocycles. The Labute approximate surface area is 235 Å². The third-order valence-electron chi connectivity index (χ3n) is 6.84. The molecule has 1 aliphatic heterocycles. The standard InChI is InChI=1S/C27H35ClN6O4S/c1-19(2)31-13-6-14-33(39(5,36)37)25-17-22(28)8-7-21(25)18-32(16-15-31)27(35)26-29-20(3)34(30-26)23-9-11-24(38-4)12-10-23/h7-12,17,19H,6,13-16,18H2,1-5H3. The van der Waals surface area contributed by atoms with Gasteiger partial charge in [-0.1, -0.05) is 17.7 Å². The number of ether oxygens (including phenoxy) is 1. The molecule has 1 aliphatic rings. The Kier molecular flexibility index (Phi) is 8.83. The highest BCUT2D eigenvalue weighted by atomic mass is 35.5. The van der Waals surface area contributed by atoms with Crippen LogP contribution < -0.4 is 9.04 Å². The van der Waals surface area contributed by atoms with Crippen LogP contribution in [-0.2, 0) is 16.6 Å². The molecule has 0 radical (unpaired) electrons. The van der Waals surface area contributed by atoms with Crippen LogP contribution >= 0.6 is 11.6 Å². The van der Waals surface area contributed by atoms with E-state index in [1.54, 1.807) is 41.8 Å². The molecule has 0 N–H and O–H groups in total. The number of rotatable bonds is 5. The first kappa shape index (κ1) is 28.8. The van der Waals surface area contributed by atoms with Crippen LogP contribution in [0.25, 0.3) is 5.69 Å². The van der Waals surface area contributed by atoms with Crippen molar-refractivity contribution in [1.29, 1.82) is 0 Å². The van der Waals surface area contributed by atoms with Gasteiger partial charge in [0.25, 0.3) is 5.91 Å². The van der Waals surface area contributed by atoms with E-state index < -0.39 is 10.0 Å². The second-order valence-electron chi connectivity index (χ2n) is 9.91. The number of sulfonamides is 1. The first-order valence-electron chi connectivity index (χ1n) is 12.9. The van der Waals surface area contributed by atoms with E-state index in [-0.39, 0.29) is 24.3 Å². The average Bonchev–Trinajstić information content (AvgIpc) is 3.26. The maximum absolute atomic E-state index is 13.9. The lowest BCUT2D eigenvalue weighted by Crippen LogP contribution is -2.41. The number of fused-ring (bicyclic) bond motifs is 1. The molecule has 39 heavy (non-hydrogen) atoms. The van der Waals surface area contributed by atoms with Crippen LogP contribution in [0.3, 0.4) is 0 Å². The fourth-order valence-electron chi connectivity index (χ4n) is 4.71. The molecule has 1 aromatic heterocycles. The summed E-state index contributed by atoms with van der Waals surface area (Å²) in [5.41, 5.74) is 1.92. The quantitative estimate of drug-likeness (QED) is 0.457. The van der Waals surface area contributed by atoms with Crippen LogP contribution in [0.1, 0.15) is 42.3 Å². The van der Waals surface area contributed by atoms with Crippen LogP contribution in [0.2, 0.25) is 5.02 Å². The number of benzene rings is 2. The van der Waals surface area contributed by atoms with Crippen LogP contribution in [0.4, 0.5) is 5.69 Å². The summed E-state index contributed by atoms with van der Waals surface area (Å²) in [5, 5.41) is 4.96. The molecule has 1 amide bonds. The fraction of sp³-hybridized carbons (Fsp3) is 0.444. The van der Waals surface area contributed by atoms with Gasteiger partial charge in [0.1, 0.15) is 11.6 Å². The molecule has 0 spiro atoms. The second kappa shape index (κ2) is 11.9. The topological polar surface area (TPSA) is 101 Å². The summed E-state index contributed by atoms with van der Waals surface area (Å²) in [5.74, 6) is 1.03. The molecular weight excluding hydrogens is 540 g/mol. The minimum absolute atomic E-state index is 0.0739. The van der Waals surface area contributed by atoms with E-state index in [9.17, 15) is 13.2 Å². The molecule has 4 rings (SSSR count). The fourth-order valence-corrected chi connectivity index (χ4v) is 5.87. The molecule has 10 nitrogen and oxygen atoms in total. The Morgan fingerprint density at radius 1 is 1.05 bits per heavy atom. The molecule has 210 valence electrons. The SMILES string of the molecule is COc1ccc(-n2nc(C(=O)N3CCN(C(C)C)CCCN(S(C)(=O)=O)c4cc(Cl)ccc4C3)nc2C)cc1. The first-order chi connectivity index (χ1) is 18.5. The number of hydrogen-bond donors (Lipinski definition) is 0. The zero-order valence-corrected chi connectivity index (χ0v) is 24.5. The lowest BCUT2D eigenvalue weighted by Gasteiger charge is -2.29. The number of carbonyl (C=O) groups excluding carboxylic acids is 1. The summed E-state index contributed by atoms with van der Waals surface area (Å²) in [6.07, 6.45) is 1.83. The van der Waals surface area contributed by atoms with Crippen molar-refractivity contribution in [3.05, 3.63) is 64.7 Å². The number of methoxy groups -OCH3 is 1. The van der Waals surface area contributed by atoms with Gasteiger partial charge in [0.15, 0.2) is 0 Å². The van der Waals surface area contributed by atoms with E-state index in [0.29, 0.717) is 60.4 Å². The lowest BCUT2D eigenvalue weighted by molar-refractivity contribution is 0.0700. The predicted molar refractivity (Wildman–Crippen MR) is 152 cm³/mol. The van der Waals surface area contributed by atoms with Crippen molar-refractivity contribution < 1.29 is 17.9 Å². The summed E-state index contributed by atoms with van der Waals surface area (Å²) in [4.78, 5) is 22.3. The van der Waals surface area contributed by atoms with Crippen LogP contribution in [0.15, 0.2) is 42.5 Å². The molecule has 0 atom stereocenters. The smallest absolute Gasteiger partial charge is 0.293 e. The van der Waals surface area contributed by atoms with Gasteiger partial charge in [-0.25, -0.2) is 18.1 Å². The van der Waals surface area contributed by atoms with Crippen molar-refractivity contribution in [1.82, 2.24) is 24.6 Å². The lowest BCUT2D eigenvalue weighted by atomic mass is 10.1. The molecular formula is C27H35ClN6O4S. The third-order valence-corrected chi connectivity index (χ3v) is 8.25. The van der Waals surface area contributed by atoms with Gasteiger partial charge in [0.05, 0.1) is 24.7 Å². The summed E-state index contributed by atoms with van der Waals surface area (Å²) in [6.45, 7) is 8.22. The Morgan fingerprint density at radius 2 is 1.77 bits per heavy atom. The Morgan fingerprint density at radius 3 is 2.41 bits per heavy atom. The monoisotopic (exact) mass is 574 g/mol. The summed E-state index contributed by atoms with van der Waals surface area (Å²) in [6, 6.07) is 12.7. The zero-order valence-electron chi connectivity index (χ0n) is 23.0. The Balaban J connectivity index is 1.73. The van der Waals surface area contributed by atoms with Gasteiger partial charge in [-0.15, -0.1) is 5.10 Å². The van der Waals surface area contributed by atoms with E-state index in [2.05, 4.69) is 28.8 Å². The molecule has 2 heterocycles. The highest BCUT2D eigenvalue weighted by Gasteiger charge is 2.28. The maximum atomic E-state index is 13.9. The van der Waals surface area contributed by atoms with Gasteiger partial charge < -0.3 is 9.64 Å². The highest BCUT2D eigenvalue weighted by Crippen LogP contribution is 2.29. The van der Waals surface area contributed by atoms with Crippen molar-refractivity contribution in [2.75, 3.05) is 43.8 Å². The third kappa shape index (κ3) is 6.71. The van der Waals surface area contributed by atoms with Crippen molar-refractivity contribution in [3.63, 3.8) is 0 Å². The van der Waals surface area contributed by atoms with Crippen LogP contribution in [-0.4, -0.2) is 84.5 Å². The average molecular weight is 575 g/mol. The molecule has 0 unspecified atom stereocenters. The predicted octanol–water partition coefficient (Wildman–Crippen LogP) is 3.76. The van der Waals surface area contributed by atoms with E-state index in [1.807, 2.05) is 24.3 Å². The number of aromatic nitrogens is 3. The normalized spacial score (nSPS) is 15.7. The first-order valence-corrected chi connectivity index (χ1v) is 15.1. The van der Waals surface area contributed by atoms with Gasteiger partial charge in [0.2, 0.25) is 15.8 Å². The molecule has 0 fully saturated rings. The van der Waals surface area contributed by atoms with E-state index in [1.165, 1.54) is 10.6 Å². The van der Waals surface area contributed by atoms with E-state index >= 15 is 0 Å². The molecule has 0 aliphatic carbocycles. The van der Waals surface area contributed by atoms with Gasteiger partial charge in [-0.05, 0) is 69.2 Å². The largest absolute Gasteiger partial charge is 0.497 e. The van der Waals surface area contributed by atoms with Crippen molar-refractivity contribution in [2.24, 2.45) is 0 Å². The molecule has 0 saturated carbocycles. The maximum Gasteiger partial charge on any atom is 0.293 e. The van der Waals surface area contributed by atoms with Gasteiger partial charge in [-0.2, -0.15) is 0 Å². The van der Waals surface area contributed by atoms with Gasteiger partial charge >= 0.3 is 0 Å². The number of carbonyl (C=O) groups is 1. The molecule has 12 heteroatoms. The van der Waals surface area contributed by atoms with Crippen LogP contribution in [0, 0.1) is 6.92 Å². The number of hydrogen-bond acceptors (Lipinski definition) is 7. The van der Waals surface area contributed by atoms with Crippen LogP contribution in [0.5, 0.6) is 5.75 Å². The Bertz CT molecular complexity index is 1420.